The van der Waals surface area contributed by atoms with Crippen molar-refractivity contribution in [2.24, 2.45) is 0 Å². The average molecular weight is 239 g/mol. The molecule has 0 amide bonds. The summed E-state index contributed by atoms with van der Waals surface area (Å²) in [6.07, 6.45) is 1.12. The van der Waals surface area contributed by atoms with Crippen molar-refractivity contribution in [3.63, 3.8) is 0 Å². The van der Waals surface area contributed by atoms with Crippen LogP contribution in [-0.4, -0.2) is 12.1 Å². The maximum Gasteiger partial charge on any atom is 0.0426 e. The van der Waals surface area contributed by atoms with Crippen LogP contribution >= 0.6 is 11.6 Å². The van der Waals surface area contributed by atoms with Crippen LogP contribution in [0.4, 0.5) is 5.69 Å². The van der Waals surface area contributed by atoms with Crippen LogP contribution in [0.3, 0.4) is 0 Å². The Morgan fingerprint density at radius 2 is 2.12 bits per heavy atom. The van der Waals surface area contributed by atoms with Crippen LogP contribution in [0, 0.1) is 0 Å². The molecule has 0 saturated heterocycles. The van der Waals surface area contributed by atoms with Crippen molar-refractivity contribution in [1.82, 2.24) is 5.32 Å². The molecule has 1 atom stereocenters. The van der Waals surface area contributed by atoms with Gasteiger partial charge in [0.15, 0.2) is 0 Å². The third kappa shape index (κ3) is 2.69. The molecule has 1 aromatic rings. The molecule has 16 heavy (non-hydrogen) atoms. The molecule has 88 valence electrons. The Kier molecular flexibility index (Phi) is 3.13. The first-order chi connectivity index (χ1) is 7.46. The maximum absolute atomic E-state index is 6.00. The Morgan fingerprint density at radius 3 is 2.81 bits per heavy atom. The summed E-state index contributed by atoms with van der Waals surface area (Å²) >= 11 is 6.00. The largest absolute Gasteiger partial charge is 0.385 e. The van der Waals surface area contributed by atoms with E-state index in [2.05, 4.69) is 37.5 Å². The van der Waals surface area contributed by atoms with E-state index in [0.29, 0.717) is 6.04 Å². The molecule has 2 N–H and O–H groups in total. The fourth-order valence-electron chi connectivity index (χ4n) is 2.16. The highest BCUT2D eigenvalue weighted by atomic mass is 35.5. The molecule has 0 spiro atoms. The zero-order chi connectivity index (χ0) is 11.8. The second-order valence-electron chi connectivity index (χ2n) is 5.39. The molecule has 1 heterocycles. The average Bonchev–Trinajstić information content (AvgIpc) is 2.15. The van der Waals surface area contributed by atoms with Gasteiger partial charge in [-0.15, -0.1) is 0 Å². The minimum Gasteiger partial charge on any atom is -0.385 e. The lowest BCUT2D eigenvalue weighted by molar-refractivity contribution is 0.351. The van der Waals surface area contributed by atoms with E-state index >= 15 is 0 Å². The van der Waals surface area contributed by atoms with E-state index in [1.807, 2.05) is 12.1 Å². The number of nitrogens with one attached hydrogen (secondary N) is 2. The van der Waals surface area contributed by atoms with Crippen LogP contribution in [0.2, 0.25) is 5.02 Å². The number of fused-ring (bicyclic) bond motifs is 1. The van der Waals surface area contributed by atoms with Gasteiger partial charge in [-0.05, 0) is 44.9 Å². The van der Waals surface area contributed by atoms with E-state index in [1.54, 1.807) is 0 Å². The zero-order valence-electron chi connectivity index (χ0n) is 10.1. The van der Waals surface area contributed by atoms with Gasteiger partial charge < -0.3 is 10.6 Å². The summed E-state index contributed by atoms with van der Waals surface area (Å²) in [4.78, 5) is 0. The predicted molar refractivity (Wildman–Crippen MR) is 70.2 cm³/mol. The molecule has 1 aliphatic heterocycles. The normalized spacial score (nSPS) is 20.1. The Hall–Kier alpha value is -0.730. The molecule has 0 fully saturated rings. The van der Waals surface area contributed by atoms with Gasteiger partial charge in [-0.3, -0.25) is 0 Å². The molecule has 0 aliphatic carbocycles. The highest BCUT2D eigenvalue weighted by molar-refractivity contribution is 6.30. The minimum absolute atomic E-state index is 0.138. The lowest BCUT2D eigenvalue weighted by Crippen LogP contribution is -2.41. The highest BCUT2D eigenvalue weighted by Crippen LogP contribution is 2.32. The molecule has 1 aliphatic rings. The second kappa shape index (κ2) is 4.27. The van der Waals surface area contributed by atoms with E-state index in [0.717, 1.165) is 18.0 Å². The van der Waals surface area contributed by atoms with Gasteiger partial charge in [0, 0.05) is 28.8 Å². The number of hydrogen-bond donors (Lipinski definition) is 2. The lowest BCUT2D eigenvalue weighted by atomic mass is 9.95. The first-order valence-electron chi connectivity index (χ1n) is 5.77. The summed E-state index contributed by atoms with van der Waals surface area (Å²) in [6.45, 7) is 7.60. The SMILES string of the molecule is CC(C)(C)NC1CCNc2cc(Cl)ccc21. The van der Waals surface area contributed by atoms with Crippen LogP contribution in [-0.2, 0) is 0 Å². The molecule has 0 saturated carbocycles. The highest BCUT2D eigenvalue weighted by Gasteiger charge is 2.23. The summed E-state index contributed by atoms with van der Waals surface area (Å²) < 4.78 is 0. The van der Waals surface area contributed by atoms with Gasteiger partial charge in [0.25, 0.3) is 0 Å². The number of hydrogen-bond acceptors (Lipinski definition) is 2. The van der Waals surface area contributed by atoms with Crippen molar-refractivity contribution in [3.8, 4) is 0 Å². The molecule has 1 aromatic carbocycles. The minimum atomic E-state index is 0.138. The Labute approximate surface area is 102 Å². The fourth-order valence-corrected chi connectivity index (χ4v) is 2.34. The summed E-state index contributed by atoms with van der Waals surface area (Å²) in [5.41, 5.74) is 2.63. The lowest BCUT2D eigenvalue weighted by Gasteiger charge is -2.33. The topological polar surface area (TPSA) is 24.1 Å². The van der Waals surface area contributed by atoms with E-state index in [1.165, 1.54) is 11.3 Å². The first kappa shape index (κ1) is 11.7. The van der Waals surface area contributed by atoms with Crippen molar-refractivity contribution < 1.29 is 0 Å². The number of rotatable bonds is 1. The number of anilines is 1. The first-order valence-corrected chi connectivity index (χ1v) is 6.14. The van der Waals surface area contributed by atoms with Crippen LogP contribution < -0.4 is 10.6 Å². The number of benzene rings is 1. The van der Waals surface area contributed by atoms with Gasteiger partial charge >= 0.3 is 0 Å². The van der Waals surface area contributed by atoms with Gasteiger partial charge in [0.1, 0.15) is 0 Å². The van der Waals surface area contributed by atoms with Gasteiger partial charge in [0.2, 0.25) is 0 Å². The Bertz CT molecular complexity index is 382. The third-order valence-corrected chi connectivity index (χ3v) is 2.98. The van der Waals surface area contributed by atoms with E-state index in [9.17, 15) is 0 Å². The van der Waals surface area contributed by atoms with Crippen molar-refractivity contribution in [2.75, 3.05) is 11.9 Å². The molecule has 1 unspecified atom stereocenters. The molecule has 0 radical (unpaired) electrons. The molecule has 2 nitrogen and oxygen atoms in total. The van der Waals surface area contributed by atoms with Gasteiger partial charge in [0.05, 0.1) is 0 Å². The second-order valence-corrected chi connectivity index (χ2v) is 5.83. The third-order valence-electron chi connectivity index (χ3n) is 2.75. The van der Waals surface area contributed by atoms with Crippen LogP contribution in [0.5, 0.6) is 0 Å². The standard InChI is InChI=1S/C13H19ClN2/c1-13(2,3)16-11-6-7-15-12-8-9(14)4-5-10(11)12/h4-5,8,11,15-16H,6-7H2,1-3H3. The zero-order valence-corrected chi connectivity index (χ0v) is 10.9. The summed E-state index contributed by atoms with van der Waals surface area (Å²) in [7, 11) is 0. The van der Waals surface area contributed by atoms with Crippen LogP contribution in [0.25, 0.3) is 0 Å². The molecule has 3 heteroatoms. The molecule has 0 bridgehead atoms. The van der Waals surface area contributed by atoms with Crippen LogP contribution in [0.1, 0.15) is 38.8 Å². The smallest absolute Gasteiger partial charge is 0.0426 e. The summed E-state index contributed by atoms with van der Waals surface area (Å²) in [5.74, 6) is 0. The summed E-state index contributed by atoms with van der Waals surface area (Å²) in [6, 6.07) is 6.51. The maximum atomic E-state index is 6.00. The van der Waals surface area contributed by atoms with Gasteiger partial charge in [-0.25, -0.2) is 0 Å². The predicted octanol–water partition coefficient (Wildman–Crippen LogP) is 3.58. The van der Waals surface area contributed by atoms with Gasteiger partial charge in [-0.1, -0.05) is 17.7 Å². The molecule has 2 rings (SSSR count). The Balaban J connectivity index is 2.26. The van der Waals surface area contributed by atoms with Crippen molar-refractivity contribution in [2.45, 2.75) is 38.8 Å². The fraction of sp³-hybridized carbons (Fsp3) is 0.538. The molecular formula is C13H19ClN2. The molecule has 0 aromatic heterocycles. The van der Waals surface area contributed by atoms with E-state index < -0.39 is 0 Å². The van der Waals surface area contributed by atoms with Gasteiger partial charge in [-0.2, -0.15) is 0 Å². The van der Waals surface area contributed by atoms with Crippen molar-refractivity contribution in [1.29, 1.82) is 0 Å². The Morgan fingerprint density at radius 1 is 1.38 bits per heavy atom. The van der Waals surface area contributed by atoms with Crippen molar-refractivity contribution >= 4 is 17.3 Å². The quantitative estimate of drug-likeness (QED) is 0.782. The van der Waals surface area contributed by atoms with Crippen molar-refractivity contribution in [3.05, 3.63) is 28.8 Å². The monoisotopic (exact) mass is 238 g/mol. The van der Waals surface area contributed by atoms with E-state index in [-0.39, 0.29) is 5.54 Å². The number of halogens is 1. The van der Waals surface area contributed by atoms with Crippen LogP contribution in [0.15, 0.2) is 18.2 Å². The molecular weight excluding hydrogens is 220 g/mol. The summed E-state index contributed by atoms with van der Waals surface area (Å²) in [5, 5.41) is 7.84. The van der Waals surface area contributed by atoms with E-state index in [4.69, 9.17) is 11.6 Å².